The highest BCUT2D eigenvalue weighted by Gasteiger charge is 2.79. The molecule has 142 valence electrons. The Morgan fingerprint density at radius 3 is 2.50 bits per heavy atom. The minimum atomic E-state index is -0.839. The fourth-order valence-electron chi connectivity index (χ4n) is 7.75. The molecule has 0 aromatic rings. The van der Waals surface area contributed by atoms with Crippen molar-refractivity contribution in [2.45, 2.75) is 66.1 Å². The summed E-state index contributed by atoms with van der Waals surface area (Å²) in [5.74, 6) is 1.83. The Morgan fingerprint density at radius 1 is 1.12 bits per heavy atom. The highest BCUT2D eigenvalue weighted by atomic mass is 16.8. The molecule has 2 spiro atoms. The summed E-state index contributed by atoms with van der Waals surface area (Å²) in [6, 6.07) is 0. The molecule has 4 fully saturated rings. The van der Waals surface area contributed by atoms with Crippen LogP contribution in [-0.2, 0) is 14.3 Å². The topological polar surface area (TPSA) is 52.6 Å². The first-order chi connectivity index (χ1) is 12.1. The molecule has 9 atom stereocenters. The van der Waals surface area contributed by atoms with Crippen LogP contribution in [0.5, 0.6) is 0 Å². The van der Waals surface area contributed by atoms with Gasteiger partial charge in [0.15, 0.2) is 11.4 Å². The Kier molecular flexibility index (Phi) is 2.95. The molecule has 5 rings (SSSR count). The Labute approximate surface area is 155 Å². The maximum absolute atomic E-state index is 14.2. The molecule has 26 heavy (non-hydrogen) atoms. The molecule has 0 aromatic carbocycles. The van der Waals surface area contributed by atoms with Gasteiger partial charge in [-0.1, -0.05) is 46.3 Å². The lowest BCUT2D eigenvalue weighted by molar-refractivity contribution is -0.148. The summed E-state index contributed by atoms with van der Waals surface area (Å²) in [4.78, 5) is 26.5. The van der Waals surface area contributed by atoms with E-state index in [2.05, 4.69) is 47.6 Å². The number of ether oxygens (including phenoxy) is 2. The zero-order valence-electron chi connectivity index (χ0n) is 16.7. The molecular weight excluding hydrogens is 328 g/mol. The van der Waals surface area contributed by atoms with Crippen molar-refractivity contribution in [2.24, 2.45) is 46.3 Å². The first-order valence-electron chi connectivity index (χ1n) is 10.2. The van der Waals surface area contributed by atoms with Crippen molar-refractivity contribution in [3.05, 3.63) is 11.6 Å². The van der Waals surface area contributed by atoms with Gasteiger partial charge in [0.2, 0.25) is 0 Å². The van der Waals surface area contributed by atoms with E-state index in [9.17, 15) is 9.59 Å². The van der Waals surface area contributed by atoms with E-state index in [1.807, 2.05) is 0 Å². The predicted octanol–water partition coefficient (Wildman–Crippen LogP) is 4.38. The van der Waals surface area contributed by atoms with E-state index in [0.717, 1.165) is 12.0 Å². The van der Waals surface area contributed by atoms with Gasteiger partial charge in [0.25, 0.3) is 0 Å². The van der Waals surface area contributed by atoms with Crippen LogP contribution in [0.1, 0.15) is 54.4 Å². The van der Waals surface area contributed by atoms with Crippen LogP contribution in [0.25, 0.3) is 0 Å². The Bertz CT molecular complexity index is 751. The Hall–Kier alpha value is -1.32. The summed E-state index contributed by atoms with van der Waals surface area (Å²) in [7, 11) is 0. The molecule has 0 amide bonds. The number of carbonyl (C=O) groups excluding carboxylic acids is 2. The van der Waals surface area contributed by atoms with Crippen LogP contribution in [0.15, 0.2) is 11.6 Å². The molecule has 0 radical (unpaired) electrons. The van der Waals surface area contributed by atoms with E-state index in [0.29, 0.717) is 24.0 Å². The summed E-state index contributed by atoms with van der Waals surface area (Å²) in [5, 5.41) is 0. The van der Waals surface area contributed by atoms with Crippen molar-refractivity contribution in [1.29, 1.82) is 0 Å². The van der Waals surface area contributed by atoms with E-state index in [4.69, 9.17) is 9.47 Å². The molecule has 0 unspecified atom stereocenters. The number of hydrogen-bond acceptors (Lipinski definition) is 4. The third-order valence-corrected chi connectivity index (χ3v) is 9.16. The summed E-state index contributed by atoms with van der Waals surface area (Å²) in [5.41, 5.74) is -0.176. The monoisotopic (exact) mass is 358 g/mol. The van der Waals surface area contributed by atoms with E-state index in [-0.39, 0.29) is 35.2 Å². The number of carbonyl (C=O) groups is 2. The van der Waals surface area contributed by atoms with Crippen LogP contribution in [-0.4, -0.2) is 23.6 Å². The lowest BCUT2D eigenvalue weighted by Gasteiger charge is -2.45. The molecule has 4 heteroatoms. The van der Waals surface area contributed by atoms with Crippen molar-refractivity contribution in [3.8, 4) is 0 Å². The maximum Gasteiger partial charge on any atom is 0.509 e. The van der Waals surface area contributed by atoms with Gasteiger partial charge in [-0.25, -0.2) is 4.79 Å². The van der Waals surface area contributed by atoms with Gasteiger partial charge in [-0.3, -0.25) is 4.79 Å². The minimum absolute atomic E-state index is 0.0295. The fourth-order valence-corrected chi connectivity index (χ4v) is 7.75. The first-order valence-corrected chi connectivity index (χ1v) is 10.2. The molecular formula is C22H30O4. The average Bonchev–Trinajstić information content (AvgIpc) is 2.85. The Morgan fingerprint density at radius 2 is 1.81 bits per heavy atom. The number of Topliss-reactive ketones (excluding diaryl/α,β-unsaturated/α-hetero) is 1. The van der Waals surface area contributed by atoms with Gasteiger partial charge in [0.1, 0.15) is 6.10 Å². The second-order valence-corrected chi connectivity index (χ2v) is 10.5. The molecule has 1 heterocycles. The van der Waals surface area contributed by atoms with Crippen molar-refractivity contribution in [3.63, 3.8) is 0 Å². The van der Waals surface area contributed by atoms with Crippen molar-refractivity contribution in [1.82, 2.24) is 0 Å². The quantitative estimate of drug-likeness (QED) is 0.476. The molecule has 0 N–H and O–H groups in total. The van der Waals surface area contributed by atoms with Crippen LogP contribution in [0.3, 0.4) is 0 Å². The zero-order valence-corrected chi connectivity index (χ0v) is 16.7. The van der Waals surface area contributed by atoms with Gasteiger partial charge in [0, 0.05) is 18.3 Å². The maximum atomic E-state index is 14.2. The number of ketones is 1. The average molecular weight is 358 g/mol. The SMILES string of the molecule is CC1=C[C@]23C(=O)[C@@H]([C@H](C)[C@H](C)[C@H]4OC(=O)O[C@]42C1)[C@H]1[C@@H](C[C@H]3C)C1(C)C. The van der Waals surface area contributed by atoms with Crippen LogP contribution in [0.4, 0.5) is 4.79 Å². The van der Waals surface area contributed by atoms with Crippen molar-refractivity contribution >= 4 is 11.9 Å². The number of hydrogen-bond donors (Lipinski definition) is 0. The standard InChI is InChI=1S/C22H30O4/c1-10-8-21-11(2)7-14-16(20(14,5)6)15(17(21)23)12(3)13(4)18-22(21,9-10)26-19(24)25-18/h8,11-16,18H,7,9H2,1-6H3/t11-,12-,13+,14-,15+,16-,18-,21+,22-/m1/s1. The molecule has 4 aliphatic carbocycles. The van der Waals surface area contributed by atoms with Gasteiger partial charge >= 0.3 is 6.16 Å². The third-order valence-electron chi connectivity index (χ3n) is 9.16. The van der Waals surface area contributed by atoms with Crippen LogP contribution in [0.2, 0.25) is 0 Å². The van der Waals surface area contributed by atoms with Crippen LogP contribution in [0, 0.1) is 46.3 Å². The van der Waals surface area contributed by atoms with Crippen molar-refractivity contribution < 1.29 is 19.1 Å². The van der Waals surface area contributed by atoms with Gasteiger partial charge in [-0.2, -0.15) is 0 Å². The van der Waals surface area contributed by atoms with E-state index >= 15 is 0 Å². The first kappa shape index (κ1) is 16.8. The van der Waals surface area contributed by atoms with E-state index in [1.165, 1.54) is 0 Å². The second kappa shape index (κ2) is 4.56. The predicted molar refractivity (Wildman–Crippen MR) is 96.3 cm³/mol. The van der Waals surface area contributed by atoms with E-state index in [1.54, 1.807) is 0 Å². The van der Waals surface area contributed by atoms with Gasteiger partial charge in [0.05, 0.1) is 5.41 Å². The minimum Gasteiger partial charge on any atom is -0.426 e. The molecule has 1 saturated heterocycles. The molecule has 2 bridgehead atoms. The molecule has 0 aromatic heterocycles. The van der Waals surface area contributed by atoms with Crippen molar-refractivity contribution in [2.75, 3.05) is 0 Å². The normalized spacial score (nSPS) is 56.2. The third kappa shape index (κ3) is 1.56. The molecule has 3 saturated carbocycles. The summed E-state index contributed by atoms with van der Waals surface area (Å²) >= 11 is 0. The fraction of sp³-hybridized carbons (Fsp3) is 0.818. The molecule has 1 aliphatic heterocycles. The highest BCUT2D eigenvalue weighted by Crippen LogP contribution is 2.74. The zero-order chi connectivity index (χ0) is 18.8. The van der Waals surface area contributed by atoms with Gasteiger partial charge < -0.3 is 9.47 Å². The Balaban J connectivity index is 1.78. The number of rotatable bonds is 0. The lowest BCUT2D eigenvalue weighted by Crippen LogP contribution is -2.59. The number of fused-ring (bicyclic) bond motifs is 3. The van der Waals surface area contributed by atoms with Gasteiger partial charge in [-0.15, -0.1) is 0 Å². The lowest BCUT2D eigenvalue weighted by atomic mass is 9.59. The second-order valence-electron chi connectivity index (χ2n) is 10.5. The smallest absolute Gasteiger partial charge is 0.426 e. The van der Waals surface area contributed by atoms with E-state index < -0.39 is 17.2 Å². The largest absolute Gasteiger partial charge is 0.509 e. The molecule has 5 aliphatic rings. The summed E-state index contributed by atoms with van der Waals surface area (Å²) in [6.45, 7) is 13.3. The summed E-state index contributed by atoms with van der Waals surface area (Å²) < 4.78 is 11.8. The van der Waals surface area contributed by atoms with Crippen LogP contribution >= 0.6 is 0 Å². The highest BCUT2D eigenvalue weighted by molar-refractivity contribution is 5.94. The van der Waals surface area contributed by atoms with Crippen LogP contribution < -0.4 is 0 Å². The molecule has 4 nitrogen and oxygen atoms in total. The van der Waals surface area contributed by atoms with Gasteiger partial charge in [-0.05, 0) is 42.4 Å². The summed E-state index contributed by atoms with van der Waals surface area (Å²) in [6.07, 6.45) is 2.89.